The molecule has 0 spiro atoms. The van der Waals surface area contributed by atoms with Crippen LogP contribution in [0, 0.1) is 5.92 Å². The van der Waals surface area contributed by atoms with E-state index in [2.05, 4.69) is 37.6 Å². The first-order valence-electron chi connectivity index (χ1n) is 9.26. The minimum absolute atomic E-state index is 0. The second-order valence-electron chi connectivity index (χ2n) is 6.56. The Morgan fingerprint density at radius 2 is 2.23 bits per heavy atom. The highest BCUT2D eigenvalue weighted by Crippen LogP contribution is 2.22. The Morgan fingerprint density at radius 1 is 1.38 bits per heavy atom. The largest absolute Gasteiger partial charge is 0.381 e. The summed E-state index contributed by atoms with van der Waals surface area (Å²) >= 11 is 1.82. The van der Waals surface area contributed by atoms with Gasteiger partial charge in [0.1, 0.15) is 0 Å². The lowest BCUT2D eigenvalue weighted by Gasteiger charge is -2.37. The Balaban J connectivity index is 0.00000243. The van der Waals surface area contributed by atoms with Gasteiger partial charge >= 0.3 is 0 Å². The molecule has 8 heteroatoms. The van der Waals surface area contributed by atoms with Crippen molar-refractivity contribution in [3.63, 3.8) is 0 Å². The molecular formula is C18H31IN4O2S. The van der Waals surface area contributed by atoms with E-state index in [0.717, 1.165) is 78.0 Å². The first kappa shape index (κ1) is 21.7. The Hall–Kier alpha value is -0.580. The van der Waals surface area contributed by atoms with Gasteiger partial charge in [-0.2, -0.15) is 0 Å². The number of rotatable bonds is 7. The van der Waals surface area contributed by atoms with Crippen LogP contribution in [0.15, 0.2) is 22.5 Å². The van der Waals surface area contributed by atoms with E-state index in [0.29, 0.717) is 5.92 Å². The lowest BCUT2D eigenvalue weighted by atomic mass is 10.1. The highest BCUT2D eigenvalue weighted by molar-refractivity contribution is 14.0. The van der Waals surface area contributed by atoms with Gasteiger partial charge in [0.25, 0.3) is 0 Å². The van der Waals surface area contributed by atoms with Crippen LogP contribution in [0.5, 0.6) is 0 Å². The van der Waals surface area contributed by atoms with Crippen LogP contribution in [-0.4, -0.2) is 77.1 Å². The van der Waals surface area contributed by atoms with E-state index in [9.17, 15) is 0 Å². The Morgan fingerprint density at radius 3 is 2.88 bits per heavy atom. The van der Waals surface area contributed by atoms with Gasteiger partial charge in [-0.1, -0.05) is 0 Å². The summed E-state index contributed by atoms with van der Waals surface area (Å²) in [5, 5.41) is 6.98. The Labute approximate surface area is 178 Å². The number of hydrogen-bond acceptors (Lipinski definition) is 5. The number of nitrogens with zero attached hydrogens (tertiary/aromatic N) is 3. The monoisotopic (exact) mass is 494 g/mol. The van der Waals surface area contributed by atoms with Crippen molar-refractivity contribution in [2.75, 3.05) is 71.1 Å². The zero-order chi connectivity index (χ0) is 17.3. The summed E-state index contributed by atoms with van der Waals surface area (Å²) in [6.07, 6.45) is 2.14. The van der Waals surface area contributed by atoms with E-state index < -0.39 is 0 Å². The third-order valence-electron chi connectivity index (χ3n) is 4.73. The van der Waals surface area contributed by atoms with Gasteiger partial charge in [-0.3, -0.25) is 4.99 Å². The van der Waals surface area contributed by atoms with E-state index in [-0.39, 0.29) is 24.0 Å². The molecule has 148 valence electrons. The minimum Gasteiger partial charge on any atom is -0.381 e. The molecule has 2 aliphatic heterocycles. The second kappa shape index (κ2) is 12.0. The van der Waals surface area contributed by atoms with Gasteiger partial charge in [-0.25, -0.2) is 0 Å². The molecule has 0 saturated carbocycles. The van der Waals surface area contributed by atoms with Crippen LogP contribution >= 0.6 is 35.3 Å². The van der Waals surface area contributed by atoms with E-state index in [1.54, 1.807) is 0 Å². The van der Waals surface area contributed by atoms with Gasteiger partial charge in [0.15, 0.2) is 5.96 Å². The Bertz CT molecular complexity index is 515. The zero-order valence-electron chi connectivity index (χ0n) is 15.6. The average Bonchev–Trinajstić information content (AvgIpc) is 3.35. The van der Waals surface area contributed by atoms with Crippen molar-refractivity contribution in [3.05, 3.63) is 17.5 Å². The molecule has 0 bridgehead atoms. The molecule has 2 saturated heterocycles. The normalized spacial score (nSPS) is 21.0. The van der Waals surface area contributed by atoms with Crippen molar-refractivity contribution in [2.24, 2.45) is 10.9 Å². The highest BCUT2D eigenvalue weighted by Gasteiger charge is 2.20. The lowest BCUT2D eigenvalue weighted by Crippen LogP contribution is -2.52. The Kier molecular flexibility index (Phi) is 10.0. The molecule has 3 rings (SSSR count). The number of guanidine groups is 1. The summed E-state index contributed by atoms with van der Waals surface area (Å²) in [7, 11) is 1.87. The van der Waals surface area contributed by atoms with Gasteiger partial charge in [-0.15, -0.1) is 35.3 Å². The molecule has 0 aromatic carbocycles. The topological polar surface area (TPSA) is 49.3 Å². The zero-order valence-corrected chi connectivity index (χ0v) is 18.7. The molecule has 2 aliphatic rings. The fourth-order valence-corrected chi connectivity index (χ4v) is 4.05. The molecule has 0 amide bonds. The molecule has 0 radical (unpaired) electrons. The molecule has 1 N–H and O–H groups in total. The van der Waals surface area contributed by atoms with Crippen LogP contribution in [0.2, 0.25) is 0 Å². The summed E-state index contributed by atoms with van der Waals surface area (Å²) < 4.78 is 11.1. The van der Waals surface area contributed by atoms with Crippen molar-refractivity contribution in [3.8, 4) is 0 Å². The smallest absolute Gasteiger partial charge is 0.193 e. The summed E-state index contributed by atoms with van der Waals surface area (Å²) in [4.78, 5) is 9.24. The van der Waals surface area contributed by atoms with Crippen molar-refractivity contribution in [1.82, 2.24) is 10.2 Å². The van der Waals surface area contributed by atoms with Crippen molar-refractivity contribution in [2.45, 2.75) is 12.8 Å². The van der Waals surface area contributed by atoms with Crippen molar-refractivity contribution >= 4 is 46.3 Å². The van der Waals surface area contributed by atoms with Crippen molar-refractivity contribution in [1.29, 1.82) is 0 Å². The molecule has 6 nitrogen and oxygen atoms in total. The summed E-state index contributed by atoms with van der Waals surface area (Å²) in [6, 6.07) is 4.32. The van der Waals surface area contributed by atoms with Crippen LogP contribution < -0.4 is 10.2 Å². The number of ether oxygens (including phenoxy) is 2. The molecule has 26 heavy (non-hydrogen) atoms. The van der Waals surface area contributed by atoms with E-state index in [1.165, 1.54) is 5.00 Å². The number of hydrogen-bond donors (Lipinski definition) is 1. The van der Waals surface area contributed by atoms with Gasteiger partial charge in [0.2, 0.25) is 0 Å². The molecule has 0 aliphatic carbocycles. The maximum atomic E-state index is 5.75. The maximum Gasteiger partial charge on any atom is 0.193 e. The number of nitrogens with one attached hydrogen (secondary N) is 1. The predicted molar refractivity (Wildman–Crippen MR) is 119 cm³/mol. The second-order valence-corrected chi connectivity index (χ2v) is 7.48. The third-order valence-corrected chi connectivity index (χ3v) is 5.66. The standard InChI is InChI=1S/C18H30N4O2S.HI/c1-19-18(20-6-3-11-23-14-16-5-12-24-15-16)22-9-7-21(8-10-22)17-4-2-13-25-17;/h2,4,13,16H,3,5-12,14-15H2,1H3,(H,19,20);1H. The quantitative estimate of drug-likeness (QED) is 0.273. The third kappa shape index (κ3) is 6.54. The lowest BCUT2D eigenvalue weighted by molar-refractivity contribution is 0.0887. The number of thiophene rings is 1. The summed E-state index contributed by atoms with van der Waals surface area (Å²) in [5.41, 5.74) is 0. The summed E-state index contributed by atoms with van der Waals surface area (Å²) in [5.74, 6) is 1.61. The van der Waals surface area contributed by atoms with Crippen molar-refractivity contribution < 1.29 is 9.47 Å². The minimum atomic E-state index is 0. The highest BCUT2D eigenvalue weighted by atomic mass is 127. The van der Waals surface area contributed by atoms with Gasteiger partial charge in [-0.05, 0) is 30.4 Å². The van der Waals surface area contributed by atoms with Gasteiger partial charge < -0.3 is 24.6 Å². The molecule has 1 atom stereocenters. The molecule has 2 fully saturated rings. The molecule has 1 aromatic heterocycles. The van der Waals surface area contributed by atoms with Crippen LogP contribution in [0.1, 0.15) is 12.8 Å². The fraction of sp³-hybridized carbons (Fsp3) is 0.722. The van der Waals surface area contributed by atoms with Crippen LogP contribution in [0.25, 0.3) is 0 Å². The SMILES string of the molecule is CN=C(NCCCOCC1CCOC1)N1CCN(c2cccs2)CC1.I. The number of piperazine rings is 1. The van der Waals surface area contributed by atoms with Crippen LogP contribution in [0.4, 0.5) is 5.00 Å². The van der Waals surface area contributed by atoms with Crippen LogP contribution in [0.3, 0.4) is 0 Å². The maximum absolute atomic E-state index is 5.75. The fourth-order valence-electron chi connectivity index (χ4n) is 3.26. The predicted octanol–water partition coefficient (Wildman–Crippen LogP) is 2.51. The molecule has 1 unspecified atom stereocenters. The number of aliphatic imine (C=N–C) groups is 1. The molecule has 3 heterocycles. The first-order valence-corrected chi connectivity index (χ1v) is 10.1. The average molecular weight is 494 g/mol. The molecular weight excluding hydrogens is 463 g/mol. The molecule has 1 aromatic rings. The van der Waals surface area contributed by atoms with Gasteiger partial charge in [0, 0.05) is 58.9 Å². The van der Waals surface area contributed by atoms with Crippen LogP contribution in [-0.2, 0) is 9.47 Å². The number of anilines is 1. The van der Waals surface area contributed by atoms with E-state index >= 15 is 0 Å². The first-order chi connectivity index (χ1) is 12.4. The van der Waals surface area contributed by atoms with E-state index in [4.69, 9.17) is 9.47 Å². The summed E-state index contributed by atoms with van der Waals surface area (Å²) in [6.45, 7) is 8.41. The van der Waals surface area contributed by atoms with E-state index in [1.807, 2.05) is 18.4 Å². The van der Waals surface area contributed by atoms with Gasteiger partial charge in [0.05, 0.1) is 18.2 Å². The number of halogens is 1.